The van der Waals surface area contributed by atoms with Gasteiger partial charge in [-0.25, -0.2) is 0 Å². The van der Waals surface area contributed by atoms with Gasteiger partial charge in [0.25, 0.3) is 0 Å². The highest BCUT2D eigenvalue weighted by Gasteiger charge is 2.51. The lowest BCUT2D eigenvalue weighted by atomic mass is 10.00. The minimum atomic E-state index is -1.65. The van der Waals surface area contributed by atoms with Crippen molar-refractivity contribution in [2.24, 2.45) is 0 Å². The molecule has 2 rings (SSSR count). The monoisotopic (exact) mass is 267 g/mol. The molecule has 2 aliphatic rings. The third-order valence-corrected chi connectivity index (χ3v) is 10.4. The van der Waals surface area contributed by atoms with E-state index in [-0.39, 0.29) is 0 Å². The standard InChI is InChI=1S/C12H22Cl2P/c13-15(14,11-7-3-1-4-8-11)12-9-5-2-6-10-12/h11-12H,1-10H2/q+1. The lowest BCUT2D eigenvalue weighted by Crippen LogP contribution is -2.22. The largest absolute Gasteiger partial charge is 0.217 e. The average Bonchev–Trinajstić information content (AvgIpc) is 2.31. The minimum absolute atomic E-state index is 0.678. The van der Waals surface area contributed by atoms with Crippen molar-refractivity contribution in [1.82, 2.24) is 0 Å². The van der Waals surface area contributed by atoms with Crippen LogP contribution in [0.15, 0.2) is 0 Å². The molecule has 0 radical (unpaired) electrons. The van der Waals surface area contributed by atoms with Crippen LogP contribution in [-0.2, 0) is 0 Å². The fourth-order valence-corrected chi connectivity index (χ4v) is 8.19. The molecule has 3 heteroatoms. The van der Waals surface area contributed by atoms with Crippen molar-refractivity contribution in [1.29, 1.82) is 0 Å². The highest BCUT2D eigenvalue weighted by Crippen LogP contribution is 2.80. The Morgan fingerprint density at radius 1 is 0.600 bits per heavy atom. The number of hydrogen-bond donors (Lipinski definition) is 0. The highest BCUT2D eigenvalue weighted by atomic mass is 35.9. The maximum absolute atomic E-state index is 6.77. The fraction of sp³-hybridized carbons (Fsp3) is 1.00. The smallest absolute Gasteiger partial charge is 0.0530 e. The van der Waals surface area contributed by atoms with Gasteiger partial charge in [0.05, 0.1) is 0 Å². The SMILES string of the molecule is Cl[P+](Cl)(C1CCCCC1)C1CCCCC1. The van der Waals surface area contributed by atoms with Gasteiger partial charge in [-0.3, -0.25) is 0 Å². The second-order valence-electron chi connectivity index (χ2n) is 5.19. The topological polar surface area (TPSA) is 0 Å². The highest BCUT2D eigenvalue weighted by molar-refractivity contribution is 8.18. The van der Waals surface area contributed by atoms with Gasteiger partial charge in [0.1, 0.15) is 33.8 Å². The Kier molecular flexibility index (Phi) is 4.62. The van der Waals surface area contributed by atoms with Crippen molar-refractivity contribution < 1.29 is 0 Å². The van der Waals surface area contributed by atoms with Crippen LogP contribution in [0.5, 0.6) is 0 Å². The van der Waals surface area contributed by atoms with Crippen molar-refractivity contribution in [3.63, 3.8) is 0 Å². The molecule has 15 heavy (non-hydrogen) atoms. The van der Waals surface area contributed by atoms with Gasteiger partial charge >= 0.3 is 0 Å². The van der Waals surface area contributed by atoms with Crippen molar-refractivity contribution in [2.45, 2.75) is 75.5 Å². The van der Waals surface area contributed by atoms with Gasteiger partial charge in [0.2, 0.25) is 5.97 Å². The van der Waals surface area contributed by atoms with Gasteiger partial charge in [0, 0.05) is 0 Å². The van der Waals surface area contributed by atoms with Crippen molar-refractivity contribution in [3.05, 3.63) is 0 Å². The Bertz CT molecular complexity index is 174. The molecule has 0 aliphatic heterocycles. The van der Waals surface area contributed by atoms with E-state index in [0.29, 0.717) is 11.3 Å². The molecule has 0 unspecified atom stereocenters. The van der Waals surface area contributed by atoms with E-state index >= 15 is 0 Å². The summed E-state index contributed by atoms with van der Waals surface area (Å²) in [6, 6.07) is 0. The maximum Gasteiger partial charge on any atom is 0.217 e. The summed E-state index contributed by atoms with van der Waals surface area (Å²) in [5, 5.41) is 0. The molecule has 0 heterocycles. The van der Waals surface area contributed by atoms with Crippen molar-refractivity contribution in [2.75, 3.05) is 0 Å². The number of hydrogen-bond acceptors (Lipinski definition) is 0. The predicted molar refractivity (Wildman–Crippen MR) is 72.4 cm³/mol. The third kappa shape index (κ3) is 3.02. The number of halogens is 2. The summed E-state index contributed by atoms with van der Waals surface area (Å²) in [6.45, 7) is 0. The molecule has 2 aliphatic carbocycles. The van der Waals surface area contributed by atoms with Gasteiger partial charge in [-0.1, -0.05) is 12.8 Å². The zero-order valence-corrected chi connectivity index (χ0v) is 11.8. The molecule has 0 aromatic rings. The molecule has 0 aromatic heterocycles. The molecule has 0 aromatic carbocycles. The van der Waals surface area contributed by atoms with Crippen LogP contribution in [0.3, 0.4) is 0 Å². The van der Waals surface area contributed by atoms with Crippen LogP contribution in [0.2, 0.25) is 0 Å². The molecule has 0 saturated heterocycles. The van der Waals surface area contributed by atoms with Gasteiger partial charge in [-0.05, 0) is 51.4 Å². The zero-order chi connectivity index (χ0) is 10.7. The Morgan fingerprint density at radius 2 is 0.933 bits per heavy atom. The first-order chi connectivity index (χ1) is 7.21. The predicted octanol–water partition coefficient (Wildman–Crippen LogP) is 5.98. The van der Waals surface area contributed by atoms with Crippen LogP contribution in [0, 0.1) is 0 Å². The van der Waals surface area contributed by atoms with Crippen LogP contribution >= 0.6 is 28.4 Å². The van der Waals surface area contributed by atoms with E-state index in [1.807, 2.05) is 0 Å². The Balaban J connectivity index is 1.96. The lowest BCUT2D eigenvalue weighted by Gasteiger charge is -2.32. The minimum Gasteiger partial charge on any atom is -0.0530 e. The molecule has 0 N–H and O–H groups in total. The summed E-state index contributed by atoms with van der Waals surface area (Å²) in [5.74, 6) is -1.65. The summed E-state index contributed by atoms with van der Waals surface area (Å²) in [4.78, 5) is 0. The molecule has 2 saturated carbocycles. The van der Waals surface area contributed by atoms with E-state index in [1.54, 1.807) is 0 Å². The quantitative estimate of drug-likeness (QED) is 0.540. The van der Waals surface area contributed by atoms with Gasteiger partial charge in [-0.2, -0.15) is 0 Å². The van der Waals surface area contributed by atoms with E-state index in [2.05, 4.69) is 0 Å². The molecule has 0 bridgehead atoms. The van der Waals surface area contributed by atoms with Crippen molar-refractivity contribution in [3.8, 4) is 0 Å². The Hall–Kier alpha value is 1.01. The van der Waals surface area contributed by atoms with Gasteiger partial charge < -0.3 is 0 Å². The second-order valence-corrected chi connectivity index (χ2v) is 11.7. The maximum atomic E-state index is 6.77. The van der Waals surface area contributed by atoms with Crippen LogP contribution < -0.4 is 0 Å². The van der Waals surface area contributed by atoms with E-state index in [9.17, 15) is 0 Å². The molecular formula is C12H22Cl2P+. The first-order valence-corrected chi connectivity index (χ1v) is 10.2. The van der Waals surface area contributed by atoms with Crippen LogP contribution in [0.4, 0.5) is 0 Å². The Labute approximate surface area is 104 Å². The molecule has 0 atom stereocenters. The molecule has 88 valence electrons. The normalized spacial score (nSPS) is 26.8. The molecule has 0 amide bonds. The molecule has 0 nitrogen and oxygen atoms in total. The van der Waals surface area contributed by atoms with Crippen LogP contribution in [0.1, 0.15) is 64.2 Å². The van der Waals surface area contributed by atoms with E-state index < -0.39 is 5.97 Å². The summed E-state index contributed by atoms with van der Waals surface area (Å²) in [5.41, 5.74) is 1.36. The first-order valence-electron chi connectivity index (χ1n) is 6.49. The van der Waals surface area contributed by atoms with E-state index in [1.165, 1.54) is 64.2 Å². The Morgan fingerprint density at radius 3 is 1.27 bits per heavy atom. The fourth-order valence-electron chi connectivity index (χ4n) is 3.15. The molecule has 2 fully saturated rings. The third-order valence-electron chi connectivity index (χ3n) is 4.12. The summed E-state index contributed by atoms with van der Waals surface area (Å²) < 4.78 is 0. The van der Waals surface area contributed by atoms with Crippen LogP contribution in [0.25, 0.3) is 0 Å². The van der Waals surface area contributed by atoms with E-state index in [4.69, 9.17) is 22.5 Å². The van der Waals surface area contributed by atoms with E-state index in [0.717, 1.165) is 0 Å². The lowest BCUT2D eigenvalue weighted by molar-refractivity contribution is 0.486. The number of rotatable bonds is 2. The molecule has 0 spiro atoms. The van der Waals surface area contributed by atoms with Gasteiger partial charge in [-0.15, -0.1) is 0 Å². The summed E-state index contributed by atoms with van der Waals surface area (Å²) in [6.07, 6.45) is 13.4. The van der Waals surface area contributed by atoms with Crippen LogP contribution in [-0.4, -0.2) is 11.3 Å². The average molecular weight is 268 g/mol. The summed E-state index contributed by atoms with van der Waals surface area (Å²) >= 11 is 13.5. The summed E-state index contributed by atoms with van der Waals surface area (Å²) in [7, 11) is 0. The first kappa shape index (κ1) is 12.5. The zero-order valence-electron chi connectivity index (χ0n) is 9.43. The molecular weight excluding hydrogens is 246 g/mol. The van der Waals surface area contributed by atoms with Gasteiger partial charge in [0.15, 0.2) is 0 Å². The second kappa shape index (κ2) is 5.56. The van der Waals surface area contributed by atoms with Crippen molar-refractivity contribution >= 4 is 28.4 Å².